The van der Waals surface area contributed by atoms with Gasteiger partial charge in [-0.25, -0.2) is 0 Å². The maximum absolute atomic E-state index is 10.6. The number of carbonyl (C=O) groups is 1. The summed E-state index contributed by atoms with van der Waals surface area (Å²) in [6.45, 7) is 3.73. The van der Waals surface area contributed by atoms with E-state index < -0.39 is 5.91 Å². The Bertz CT molecular complexity index is 252. The number of amides is 1. The molecule has 0 saturated heterocycles. The lowest BCUT2D eigenvalue weighted by molar-refractivity contribution is -0.114. The first-order chi connectivity index (χ1) is 5.49. The molecule has 0 atom stereocenters. The average Bonchev–Trinajstić information content (AvgIpc) is 1.85. The van der Waals surface area contributed by atoms with Crippen LogP contribution in [0.25, 0.3) is 0 Å². The first-order valence-corrected chi connectivity index (χ1v) is 3.83. The van der Waals surface area contributed by atoms with Crippen LogP contribution >= 0.6 is 12.6 Å². The smallest absolute Gasteiger partial charge is 0.262 e. The van der Waals surface area contributed by atoms with Gasteiger partial charge in [0, 0.05) is 6.04 Å². The summed E-state index contributed by atoms with van der Waals surface area (Å²) in [5, 5.41) is 11.5. The molecule has 0 bridgehead atoms. The Hall–Kier alpha value is -1.15. The van der Waals surface area contributed by atoms with E-state index in [0.717, 1.165) is 0 Å². The third kappa shape index (κ3) is 3.30. The zero-order chi connectivity index (χ0) is 9.72. The van der Waals surface area contributed by atoms with E-state index in [1.54, 1.807) is 6.07 Å². The summed E-state index contributed by atoms with van der Waals surface area (Å²) in [5.41, 5.74) is 4.77. The van der Waals surface area contributed by atoms with Crippen LogP contribution in [0.5, 0.6) is 0 Å². The monoisotopic (exact) mass is 185 g/mol. The first kappa shape index (κ1) is 10.8. The summed E-state index contributed by atoms with van der Waals surface area (Å²) in [5.74, 6) is -0.768. The average molecular weight is 185 g/mol. The predicted molar refractivity (Wildman–Crippen MR) is 49.1 cm³/mol. The number of rotatable bonds is 3. The molecule has 0 spiro atoms. The van der Waals surface area contributed by atoms with Gasteiger partial charge in [-0.1, -0.05) is 0 Å². The van der Waals surface area contributed by atoms with Gasteiger partial charge >= 0.3 is 0 Å². The lowest BCUT2D eigenvalue weighted by Gasteiger charge is -2.09. The van der Waals surface area contributed by atoms with Gasteiger partial charge in [0.1, 0.15) is 11.6 Å². The Balaban J connectivity index is 4.64. The third-order valence-corrected chi connectivity index (χ3v) is 1.37. The van der Waals surface area contributed by atoms with Crippen molar-refractivity contribution >= 4 is 18.5 Å². The quantitative estimate of drug-likeness (QED) is 0.332. The molecule has 12 heavy (non-hydrogen) atoms. The van der Waals surface area contributed by atoms with Gasteiger partial charge in [-0.05, 0) is 13.8 Å². The highest BCUT2D eigenvalue weighted by atomic mass is 32.1. The van der Waals surface area contributed by atoms with Crippen LogP contribution in [-0.2, 0) is 4.79 Å². The molecule has 1 amide bonds. The molecule has 0 aromatic carbocycles. The summed E-state index contributed by atoms with van der Waals surface area (Å²) >= 11 is 3.93. The van der Waals surface area contributed by atoms with Crippen LogP contribution in [0, 0.1) is 11.3 Å². The molecule has 0 radical (unpaired) electrons. The molecule has 66 valence electrons. The molecule has 0 aliphatic heterocycles. The minimum atomic E-state index is -0.768. The number of nitrogens with zero attached hydrogens (tertiary/aromatic N) is 1. The van der Waals surface area contributed by atoms with Gasteiger partial charge in [-0.15, -0.1) is 12.6 Å². The van der Waals surface area contributed by atoms with Gasteiger partial charge < -0.3 is 11.1 Å². The van der Waals surface area contributed by atoms with Gasteiger partial charge in [-0.3, -0.25) is 4.79 Å². The second-order valence-electron chi connectivity index (χ2n) is 2.50. The van der Waals surface area contributed by atoms with Gasteiger partial charge in [0.25, 0.3) is 5.91 Å². The SMILES string of the molecule is CC(C)N/C(S)=C(\C#N)C(N)=O. The van der Waals surface area contributed by atoms with E-state index in [1.807, 2.05) is 13.8 Å². The summed E-state index contributed by atoms with van der Waals surface area (Å²) in [6.07, 6.45) is 0. The zero-order valence-corrected chi connectivity index (χ0v) is 7.85. The fraction of sp³-hybridized carbons (Fsp3) is 0.429. The maximum Gasteiger partial charge on any atom is 0.262 e. The largest absolute Gasteiger partial charge is 0.377 e. The second kappa shape index (κ2) is 4.67. The minimum absolute atomic E-state index is 0.111. The van der Waals surface area contributed by atoms with E-state index in [-0.39, 0.29) is 16.6 Å². The zero-order valence-electron chi connectivity index (χ0n) is 6.96. The topological polar surface area (TPSA) is 78.9 Å². The highest BCUT2D eigenvalue weighted by Gasteiger charge is 2.09. The van der Waals surface area contributed by atoms with Crippen molar-refractivity contribution in [1.29, 1.82) is 5.26 Å². The third-order valence-electron chi connectivity index (χ3n) is 1.02. The molecule has 0 aliphatic rings. The highest BCUT2D eigenvalue weighted by molar-refractivity contribution is 7.84. The fourth-order valence-corrected chi connectivity index (χ4v) is 0.989. The molecule has 5 heteroatoms. The Kier molecular flexibility index (Phi) is 4.22. The van der Waals surface area contributed by atoms with Gasteiger partial charge in [0.2, 0.25) is 0 Å². The van der Waals surface area contributed by atoms with Crippen LogP contribution in [-0.4, -0.2) is 11.9 Å². The van der Waals surface area contributed by atoms with E-state index in [1.165, 1.54) is 0 Å². The van der Waals surface area contributed by atoms with Crippen molar-refractivity contribution in [3.05, 3.63) is 10.6 Å². The number of nitriles is 1. The normalized spacial score (nSPS) is 11.9. The number of thiol groups is 1. The van der Waals surface area contributed by atoms with Crippen LogP contribution in [0.3, 0.4) is 0 Å². The number of nitrogens with two attached hydrogens (primary N) is 1. The highest BCUT2D eigenvalue weighted by Crippen LogP contribution is 2.04. The molecular weight excluding hydrogens is 174 g/mol. The molecule has 3 N–H and O–H groups in total. The first-order valence-electron chi connectivity index (χ1n) is 3.38. The van der Waals surface area contributed by atoms with E-state index in [4.69, 9.17) is 11.0 Å². The second-order valence-corrected chi connectivity index (χ2v) is 2.95. The maximum atomic E-state index is 10.6. The van der Waals surface area contributed by atoms with E-state index in [0.29, 0.717) is 0 Å². The molecule has 0 rings (SSSR count). The fourth-order valence-electron chi connectivity index (χ4n) is 0.570. The molecule has 4 nitrogen and oxygen atoms in total. The molecule has 0 heterocycles. The number of carbonyl (C=O) groups excluding carboxylic acids is 1. The van der Waals surface area contributed by atoms with Crippen molar-refractivity contribution in [2.24, 2.45) is 5.73 Å². The van der Waals surface area contributed by atoms with E-state index >= 15 is 0 Å². The van der Waals surface area contributed by atoms with Crippen molar-refractivity contribution in [2.75, 3.05) is 0 Å². The van der Waals surface area contributed by atoms with Gasteiger partial charge in [0.15, 0.2) is 0 Å². The number of hydrogen-bond donors (Lipinski definition) is 3. The molecule has 0 aliphatic carbocycles. The van der Waals surface area contributed by atoms with Gasteiger partial charge in [0.05, 0.1) is 5.03 Å². The molecule has 0 unspecified atom stereocenters. The van der Waals surface area contributed by atoms with Crippen LogP contribution < -0.4 is 11.1 Å². The van der Waals surface area contributed by atoms with Gasteiger partial charge in [-0.2, -0.15) is 5.26 Å². The Morgan fingerprint density at radius 3 is 2.42 bits per heavy atom. The minimum Gasteiger partial charge on any atom is -0.377 e. The lowest BCUT2D eigenvalue weighted by atomic mass is 10.3. The molecule has 0 aromatic rings. The summed E-state index contributed by atoms with van der Waals surface area (Å²) in [7, 11) is 0. The van der Waals surface area contributed by atoms with E-state index in [9.17, 15) is 4.79 Å². The number of nitrogens with one attached hydrogen (secondary N) is 1. The van der Waals surface area contributed by atoms with E-state index in [2.05, 4.69) is 17.9 Å². The molecule has 0 aromatic heterocycles. The van der Waals surface area contributed by atoms with Crippen LogP contribution in [0.2, 0.25) is 0 Å². The van der Waals surface area contributed by atoms with Crippen molar-refractivity contribution < 1.29 is 4.79 Å². The molecular formula is C7H11N3OS. The van der Waals surface area contributed by atoms with Crippen molar-refractivity contribution in [3.63, 3.8) is 0 Å². The van der Waals surface area contributed by atoms with Crippen LogP contribution in [0.1, 0.15) is 13.8 Å². The Labute approximate surface area is 76.8 Å². The Morgan fingerprint density at radius 1 is 1.67 bits per heavy atom. The summed E-state index contributed by atoms with van der Waals surface area (Å²) < 4.78 is 0. The standard InChI is InChI=1S/C7H11N3OS/c1-4(2)10-7(12)5(3-8)6(9)11/h4,10,12H,1-2H3,(H2,9,11)/b7-5-. The van der Waals surface area contributed by atoms with Crippen LogP contribution in [0.15, 0.2) is 10.6 Å². The van der Waals surface area contributed by atoms with Crippen molar-refractivity contribution in [1.82, 2.24) is 5.32 Å². The molecule has 0 fully saturated rings. The lowest BCUT2D eigenvalue weighted by Crippen LogP contribution is -2.24. The van der Waals surface area contributed by atoms with Crippen molar-refractivity contribution in [2.45, 2.75) is 19.9 Å². The molecule has 0 saturated carbocycles. The van der Waals surface area contributed by atoms with Crippen molar-refractivity contribution in [3.8, 4) is 6.07 Å². The predicted octanol–water partition coefficient (Wildman–Crippen LogP) is 0.135. The summed E-state index contributed by atoms with van der Waals surface area (Å²) in [4.78, 5) is 10.6. The summed E-state index contributed by atoms with van der Waals surface area (Å²) in [6, 6.07) is 1.78. The number of hydrogen-bond acceptors (Lipinski definition) is 4. The van der Waals surface area contributed by atoms with Crippen LogP contribution in [0.4, 0.5) is 0 Å². The Morgan fingerprint density at radius 2 is 2.17 bits per heavy atom. The number of primary amides is 1.